The average molecular weight is 224 g/mol. The zero-order valence-electron chi connectivity index (χ0n) is 10.4. The molecule has 2 N–H and O–H groups in total. The summed E-state index contributed by atoms with van der Waals surface area (Å²) in [7, 11) is 1.75. The first-order valence-corrected chi connectivity index (χ1v) is 5.61. The van der Waals surface area contributed by atoms with Gasteiger partial charge in [-0.2, -0.15) is 5.10 Å². The summed E-state index contributed by atoms with van der Waals surface area (Å²) in [5, 5.41) is 4.15. The van der Waals surface area contributed by atoms with Crippen molar-refractivity contribution < 1.29 is 4.79 Å². The van der Waals surface area contributed by atoms with Crippen LogP contribution in [0.1, 0.15) is 36.5 Å². The summed E-state index contributed by atoms with van der Waals surface area (Å²) in [6.45, 7) is 7.26. The lowest BCUT2D eigenvalue weighted by Crippen LogP contribution is -2.33. The van der Waals surface area contributed by atoms with Crippen molar-refractivity contribution in [1.29, 1.82) is 0 Å². The maximum atomic E-state index is 12.2. The molecule has 1 aromatic heterocycles. The van der Waals surface area contributed by atoms with E-state index < -0.39 is 0 Å². The molecule has 90 valence electrons. The highest BCUT2D eigenvalue weighted by Crippen LogP contribution is 2.17. The predicted octanol–water partition coefficient (Wildman–Crippen LogP) is 1.18. The normalized spacial score (nSPS) is 10.5. The highest BCUT2D eigenvalue weighted by atomic mass is 16.2. The number of nitrogen functional groups attached to an aromatic ring is 1. The zero-order chi connectivity index (χ0) is 12.3. The number of aromatic nitrogens is 2. The number of rotatable bonds is 4. The van der Waals surface area contributed by atoms with Crippen LogP contribution in [0.25, 0.3) is 0 Å². The Kier molecular flexibility index (Phi) is 3.93. The molecule has 0 spiro atoms. The molecule has 0 saturated carbocycles. The number of nitrogens with two attached hydrogens (primary N) is 1. The number of aryl methyl sites for hydroxylation is 2. The van der Waals surface area contributed by atoms with Gasteiger partial charge in [0.2, 0.25) is 0 Å². The van der Waals surface area contributed by atoms with Crippen molar-refractivity contribution in [3.05, 3.63) is 11.4 Å². The van der Waals surface area contributed by atoms with E-state index in [-0.39, 0.29) is 5.91 Å². The third-order valence-corrected chi connectivity index (χ3v) is 2.63. The molecule has 0 aliphatic heterocycles. The van der Waals surface area contributed by atoms with Gasteiger partial charge in [0.05, 0.1) is 11.4 Å². The van der Waals surface area contributed by atoms with Crippen LogP contribution < -0.4 is 5.73 Å². The Morgan fingerprint density at radius 2 is 2.12 bits per heavy atom. The number of nitrogens with zero attached hydrogens (tertiary/aromatic N) is 3. The summed E-state index contributed by atoms with van der Waals surface area (Å²) >= 11 is 0. The molecule has 1 amide bonds. The van der Waals surface area contributed by atoms with E-state index >= 15 is 0 Å². The topological polar surface area (TPSA) is 64.2 Å². The molecule has 0 atom stereocenters. The molecule has 1 aromatic rings. The minimum absolute atomic E-state index is 0.0371. The SMILES string of the molecule is CCCN(CC)C(=O)c1c(N)c(C)nn1C. The minimum Gasteiger partial charge on any atom is -0.395 e. The third-order valence-electron chi connectivity index (χ3n) is 2.63. The molecule has 5 heteroatoms. The van der Waals surface area contributed by atoms with Gasteiger partial charge in [-0.15, -0.1) is 0 Å². The van der Waals surface area contributed by atoms with Crippen molar-refractivity contribution in [1.82, 2.24) is 14.7 Å². The van der Waals surface area contributed by atoms with Crippen molar-refractivity contribution in [3.8, 4) is 0 Å². The summed E-state index contributed by atoms with van der Waals surface area (Å²) in [5.41, 5.74) is 7.55. The van der Waals surface area contributed by atoms with E-state index in [1.807, 2.05) is 20.8 Å². The molecule has 1 rings (SSSR count). The van der Waals surface area contributed by atoms with Gasteiger partial charge in [0, 0.05) is 20.1 Å². The largest absolute Gasteiger partial charge is 0.395 e. The minimum atomic E-state index is -0.0371. The second-order valence-corrected chi connectivity index (χ2v) is 3.86. The quantitative estimate of drug-likeness (QED) is 0.835. The van der Waals surface area contributed by atoms with Crippen LogP contribution in [0.15, 0.2) is 0 Å². The van der Waals surface area contributed by atoms with Crippen molar-refractivity contribution in [2.75, 3.05) is 18.8 Å². The first-order chi connectivity index (χ1) is 7.52. The van der Waals surface area contributed by atoms with Gasteiger partial charge in [0.1, 0.15) is 5.69 Å². The summed E-state index contributed by atoms with van der Waals surface area (Å²) in [6, 6.07) is 0. The highest BCUT2D eigenvalue weighted by molar-refractivity contribution is 5.97. The predicted molar refractivity (Wildman–Crippen MR) is 64.2 cm³/mol. The molecule has 0 bridgehead atoms. The monoisotopic (exact) mass is 224 g/mol. The Hall–Kier alpha value is -1.52. The Balaban J connectivity index is 3.03. The van der Waals surface area contributed by atoms with E-state index in [9.17, 15) is 4.79 Å². The van der Waals surface area contributed by atoms with Gasteiger partial charge < -0.3 is 10.6 Å². The number of hydrogen-bond acceptors (Lipinski definition) is 3. The van der Waals surface area contributed by atoms with Crippen molar-refractivity contribution in [2.24, 2.45) is 7.05 Å². The fourth-order valence-corrected chi connectivity index (χ4v) is 1.75. The number of anilines is 1. The van der Waals surface area contributed by atoms with Gasteiger partial charge in [0.15, 0.2) is 0 Å². The van der Waals surface area contributed by atoms with Crippen molar-refractivity contribution in [2.45, 2.75) is 27.2 Å². The zero-order valence-corrected chi connectivity index (χ0v) is 10.4. The molecule has 0 aliphatic rings. The van der Waals surface area contributed by atoms with Crippen LogP contribution in [0.2, 0.25) is 0 Å². The van der Waals surface area contributed by atoms with Crippen LogP contribution in [0, 0.1) is 6.92 Å². The van der Waals surface area contributed by atoms with Crippen LogP contribution in [0.4, 0.5) is 5.69 Å². The van der Waals surface area contributed by atoms with Crippen LogP contribution >= 0.6 is 0 Å². The fraction of sp³-hybridized carbons (Fsp3) is 0.636. The molecule has 0 aromatic carbocycles. The van der Waals surface area contributed by atoms with Crippen molar-refractivity contribution >= 4 is 11.6 Å². The summed E-state index contributed by atoms with van der Waals surface area (Å²) in [4.78, 5) is 14.0. The molecular formula is C11H20N4O. The Morgan fingerprint density at radius 1 is 1.50 bits per heavy atom. The second-order valence-electron chi connectivity index (χ2n) is 3.86. The van der Waals surface area contributed by atoms with E-state index in [0.29, 0.717) is 23.6 Å². The molecule has 0 aliphatic carbocycles. The van der Waals surface area contributed by atoms with E-state index in [2.05, 4.69) is 5.10 Å². The Labute approximate surface area is 96.2 Å². The molecule has 16 heavy (non-hydrogen) atoms. The van der Waals surface area contributed by atoms with Crippen LogP contribution in [0.3, 0.4) is 0 Å². The molecular weight excluding hydrogens is 204 g/mol. The smallest absolute Gasteiger partial charge is 0.274 e. The van der Waals surface area contributed by atoms with Crippen LogP contribution in [-0.4, -0.2) is 33.7 Å². The summed E-state index contributed by atoms with van der Waals surface area (Å²) < 4.78 is 1.56. The Morgan fingerprint density at radius 3 is 2.50 bits per heavy atom. The lowest BCUT2D eigenvalue weighted by molar-refractivity contribution is 0.0754. The molecule has 0 saturated heterocycles. The standard InChI is InChI=1S/C11H20N4O/c1-5-7-15(6-2)11(16)10-9(12)8(3)13-14(10)4/h5-7,12H2,1-4H3. The van der Waals surface area contributed by atoms with Gasteiger partial charge in [-0.3, -0.25) is 9.48 Å². The molecule has 0 fully saturated rings. The van der Waals surface area contributed by atoms with Gasteiger partial charge in [-0.25, -0.2) is 0 Å². The summed E-state index contributed by atoms with van der Waals surface area (Å²) in [5.74, 6) is -0.0371. The maximum absolute atomic E-state index is 12.2. The average Bonchev–Trinajstić information content (AvgIpc) is 2.49. The molecule has 5 nitrogen and oxygen atoms in total. The van der Waals surface area contributed by atoms with E-state index in [0.717, 1.165) is 13.0 Å². The number of carbonyl (C=O) groups is 1. The number of amides is 1. The van der Waals surface area contributed by atoms with E-state index in [1.165, 1.54) is 0 Å². The lowest BCUT2D eigenvalue weighted by atomic mass is 10.2. The summed E-state index contributed by atoms with van der Waals surface area (Å²) in [6.07, 6.45) is 0.941. The first kappa shape index (κ1) is 12.5. The molecule has 0 unspecified atom stereocenters. The van der Waals surface area contributed by atoms with Gasteiger partial charge in [-0.05, 0) is 20.3 Å². The maximum Gasteiger partial charge on any atom is 0.274 e. The number of hydrogen-bond donors (Lipinski definition) is 1. The van der Waals surface area contributed by atoms with E-state index in [4.69, 9.17) is 5.73 Å². The molecule has 0 radical (unpaired) electrons. The van der Waals surface area contributed by atoms with Crippen LogP contribution in [0.5, 0.6) is 0 Å². The van der Waals surface area contributed by atoms with E-state index in [1.54, 1.807) is 16.6 Å². The van der Waals surface area contributed by atoms with Crippen molar-refractivity contribution in [3.63, 3.8) is 0 Å². The molecule has 1 heterocycles. The van der Waals surface area contributed by atoms with Gasteiger partial charge in [-0.1, -0.05) is 6.92 Å². The van der Waals surface area contributed by atoms with Gasteiger partial charge >= 0.3 is 0 Å². The highest BCUT2D eigenvalue weighted by Gasteiger charge is 2.21. The van der Waals surface area contributed by atoms with Gasteiger partial charge in [0.25, 0.3) is 5.91 Å². The Bertz CT molecular complexity index is 384. The fourth-order valence-electron chi connectivity index (χ4n) is 1.75. The third kappa shape index (κ3) is 2.18. The second kappa shape index (κ2) is 5.01. The van der Waals surface area contributed by atoms with Crippen LogP contribution in [-0.2, 0) is 7.05 Å². The number of carbonyl (C=O) groups excluding carboxylic acids is 1. The lowest BCUT2D eigenvalue weighted by Gasteiger charge is -2.20. The first-order valence-electron chi connectivity index (χ1n) is 5.61.